The minimum atomic E-state index is 0.181. The Morgan fingerprint density at radius 3 is 2.58 bits per heavy atom. The van der Waals surface area contributed by atoms with Gasteiger partial charge in [0.25, 0.3) is 0 Å². The Balaban J connectivity index is 1.60. The number of Topliss-reactive ketones (excluding diaryl/α,β-unsaturated/α-hetero) is 1. The van der Waals surface area contributed by atoms with Crippen LogP contribution in [0.2, 0.25) is 0 Å². The smallest absolute Gasteiger partial charge is 0.163 e. The molecule has 1 N–H and O–H groups in total. The van der Waals surface area contributed by atoms with Crippen molar-refractivity contribution < 1.29 is 4.79 Å². The highest BCUT2D eigenvalue weighted by Crippen LogP contribution is 2.29. The van der Waals surface area contributed by atoms with Gasteiger partial charge < -0.3 is 4.98 Å². The minimum absolute atomic E-state index is 0.181. The highest BCUT2D eigenvalue weighted by atomic mass is 16.1. The lowest BCUT2D eigenvalue weighted by Gasteiger charge is -2.10. The van der Waals surface area contributed by atoms with E-state index in [1.54, 1.807) is 0 Å². The number of rotatable bonds is 4. The Hall–Kier alpha value is -2.87. The molecule has 0 aliphatic heterocycles. The summed E-state index contributed by atoms with van der Waals surface area (Å²) in [6.07, 6.45) is 2.54. The van der Waals surface area contributed by atoms with E-state index in [1.807, 2.05) is 48.7 Å². The van der Waals surface area contributed by atoms with Gasteiger partial charge in [0.15, 0.2) is 5.78 Å². The number of aromatic nitrogens is 1. The molecule has 118 valence electrons. The molecule has 3 aromatic carbocycles. The lowest BCUT2D eigenvalue weighted by atomic mass is 9.92. The van der Waals surface area contributed by atoms with Crippen LogP contribution in [0.25, 0.3) is 21.7 Å². The van der Waals surface area contributed by atoms with E-state index < -0.39 is 0 Å². The highest BCUT2D eigenvalue weighted by molar-refractivity contribution is 6.00. The SMILES string of the molecule is C[C@@H](CC(=O)c1ccc2ccccc2c1)c1c[nH]c2ccccc12. The normalized spacial score (nSPS) is 12.5. The Kier molecular flexibility index (Phi) is 3.66. The van der Waals surface area contributed by atoms with Gasteiger partial charge in [-0.3, -0.25) is 4.79 Å². The zero-order chi connectivity index (χ0) is 16.5. The molecule has 0 aliphatic rings. The van der Waals surface area contributed by atoms with Gasteiger partial charge in [-0.15, -0.1) is 0 Å². The van der Waals surface area contributed by atoms with Crippen LogP contribution in [-0.4, -0.2) is 10.8 Å². The van der Waals surface area contributed by atoms with Gasteiger partial charge in [0.1, 0.15) is 0 Å². The molecule has 0 radical (unpaired) electrons. The third-order valence-corrected chi connectivity index (χ3v) is 4.72. The summed E-state index contributed by atoms with van der Waals surface area (Å²) in [5.74, 6) is 0.374. The summed E-state index contributed by atoms with van der Waals surface area (Å²) < 4.78 is 0. The molecular weight excluding hydrogens is 294 g/mol. The fourth-order valence-corrected chi connectivity index (χ4v) is 3.37. The van der Waals surface area contributed by atoms with Crippen LogP contribution >= 0.6 is 0 Å². The second-order valence-corrected chi connectivity index (χ2v) is 6.38. The maximum atomic E-state index is 12.7. The monoisotopic (exact) mass is 313 g/mol. The molecule has 4 aromatic rings. The lowest BCUT2D eigenvalue weighted by molar-refractivity contribution is 0.0976. The first-order valence-electron chi connectivity index (χ1n) is 8.30. The van der Waals surface area contributed by atoms with Crippen molar-refractivity contribution in [3.8, 4) is 0 Å². The van der Waals surface area contributed by atoms with Crippen molar-refractivity contribution in [2.75, 3.05) is 0 Å². The number of carbonyl (C=O) groups excluding carboxylic acids is 1. The Morgan fingerprint density at radius 1 is 0.958 bits per heavy atom. The van der Waals surface area contributed by atoms with Gasteiger partial charge in [0.2, 0.25) is 0 Å². The zero-order valence-electron chi connectivity index (χ0n) is 13.6. The molecule has 0 saturated heterocycles. The van der Waals surface area contributed by atoms with E-state index >= 15 is 0 Å². The van der Waals surface area contributed by atoms with Crippen molar-refractivity contribution in [1.82, 2.24) is 4.98 Å². The molecule has 0 amide bonds. The van der Waals surface area contributed by atoms with E-state index in [4.69, 9.17) is 0 Å². The number of aromatic amines is 1. The largest absolute Gasteiger partial charge is 0.361 e. The molecule has 0 aliphatic carbocycles. The third kappa shape index (κ3) is 2.61. The maximum absolute atomic E-state index is 12.7. The number of ketones is 1. The van der Waals surface area contributed by atoms with Gasteiger partial charge in [-0.1, -0.05) is 61.5 Å². The van der Waals surface area contributed by atoms with Gasteiger partial charge in [-0.25, -0.2) is 0 Å². The minimum Gasteiger partial charge on any atom is -0.361 e. The van der Waals surface area contributed by atoms with Crippen LogP contribution in [0.4, 0.5) is 0 Å². The number of hydrogen-bond acceptors (Lipinski definition) is 1. The van der Waals surface area contributed by atoms with Crippen LogP contribution in [0, 0.1) is 0 Å². The predicted octanol–water partition coefficient (Wildman–Crippen LogP) is 5.70. The summed E-state index contributed by atoms with van der Waals surface area (Å²) >= 11 is 0. The number of carbonyl (C=O) groups is 1. The first-order valence-corrected chi connectivity index (χ1v) is 8.30. The lowest BCUT2D eigenvalue weighted by Crippen LogP contribution is -2.04. The van der Waals surface area contributed by atoms with E-state index in [9.17, 15) is 4.79 Å². The van der Waals surface area contributed by atoms with Crippen molar-refractivity contribution >= 4 is 27.5 Å². The predicted molar refractivity (Wildman–Crippen MR) is 99.6 cm³/mol. The number of H-pyrrole nitrogens is 1. The van der Waals surface area contributed by atoms with Crippen molar-refractivity contribution in [2.45, 2.75) is 19.3 Å². The summed E-state index contributed by atoms with van der Waals surface area (Å²) in [7, 11) is 0. The fraction of sp³-hybridized carbons (Fsp3) is 0.136. The van der Waals surface area contributed by atoms with Gasteiger partial charge in [0.05, 0.1) is 0 Å². The average Bonchev–Trinajstić information content (AvgIpc) is 3.05. The second-order valence-electron chi connectivity index (χ2n) is 6.38. The fourth-order valence-electron chi connectivity index (χ4n) is 3.37. The first kappa shape index (κ1) is 14.7. The Bertz CT molecular complexity index is 1030. The summed E-state index contributed by atoms with van der Waals surface area (Å²) in [6.45, 7) is 2.12. The topological polar surface area (TPSA) is 32.9 Å². The average molecular weight is 313 g/mol. The molecule has 0 unspecified atom stereocenters. The van der Waals surface area contributed by atoms with Gasteiger partial charge in [-0.2, -0.15) is 0 Å². The van der Waals surface area contributed by atoms with Crippen molar-refractivity contribution in [3.63, 3.8) is 0 Å². The molecule has 24 heavy (non-hydrogen) atoms. The van der Waals surface area contributed by atoms with E-state index in [2.05, 4.69) is 36.2 Å². The molecule has 4 rings (SSSR count). The quantitative estimate of drug-likeness (QED) is 0.482. The third-order valence-electron chi connectivity index (χ3n) is 4.72. The van der Waals surface area contributed by atoms with E-state index in [-0.39, 0.29) is 11.7 Å². The Labute approximate surface area is 141 Å². The highest BCUT2D eigenvalue weighted by Gasteiger charge is 2.16. The molecule has 0 saturated carbocycles. The molecule has 2 heteroatoms. The second kappa shape index (κ2) is 5.97. The number of fused-ring (bicyclic) bond motifs is 2. The van der Waals surface area contributed by atoms with Gasteiger partial charge in [-0.05, 0) is 34.4 Å². The number of hydrogen-bond donors (Lipinski definition) is 1. The van der Waals surface area contributed by atoms with Crippen LogP contribution in [0.1, 0.15) is 35.2 Å². The summed E-state index contributed by atoms with van der Waals surface area (Å²) in [6, 6.07) is 22.3. The van der Waals surface area contributed by atoms with E-state index in [1.165, 1.54) is 16.3 Å². The molecule has 2 nitrogen and oxygen atoms in total. The van der Waals surface area contributed by atoms with Crippen LogP contribution in [-0.2, 0) is 0 Å². The van der Waals surface area contributed by atoms with Crippen LogP contribution < -0.4 is 0 Å². The molecule has 1 atom stereocenters. The van der Waals surface area contributed by atoms with Crippen LogP contribution in [0.15, 0.2) is 72.9 Å². The number of benzene rings is 3. The molecule has 1 heterocycles. The number of para-hydroxylation sites is 1. The van der Waals surface area contributed by atoms with E-state index in [0.717, 1.165) is 16.5 Å². The van der Waals surface area contributed by atoms with E-state index in [0.29, 0.717) is 6.42 Å². The summed E-state index contributed by atoms with van der Waals surface area (Å²) in [4.78, 5) is 16.0. The summed E-state index contributed by atoms with van der Waals surface area (Å²) in [5.41, 5.74) is 3.12. The van der Waals surface area contributed by atoms with Crippen molar-refractivity contribution in [2.24, 2.45) is 0 Å². The molecule has 0 spiro atoms. The summed E-state index contributed by atoms with van der Waals surface area (Å²) in [5, 5.41) is 3.48. The molecule has 0 bridgehead atoms. The number of nitrogens with one attached hydrogen (secondary N) is 1. The van der Waals surface area contributed by atoms with Gasteiger partial charge in [0, 0.05) is 29.1 Å². The standard InChI is InChI=1S/C22H19NO/c1-15(20-14-23-21-9-5-4-8-19(20)21)12-22(24)18-11-10-16-6-2-3-7-17(16)13-18/h2-11,13-15,23H,12H2,1H3/t15-/m0/s1. The van der Waals surface area contributed by atoms with Crippen molar-refractivity contribution in [3.05, 3.63) is 84.1 Å². The van der Waals surface area contributed by atoms with Crippen molar-refractivity contribution in [1.29, 1.82) is 0 Å². The molecule has 1 aromatic heterocycles. The van der Waals surface area contributed by atoms with Gasteiger partial charge >= 0.3 is 0 Å². The van der Waals surface area contributed by atoms with Crippen LogP contribution in [0.3, 0.4) is 0 Å². The zero-order valence-corrected chi connectivity index (χ0v) is 13.6. The Morgan fingerprint density at radius 2 is 1.71 bits per heavy atom. The van der Waals surface area contributed by atoms with Crippen LogP contribution in [0.5, 0.6) is 0 Å². The first-order chi connectivity index (χ1) is 11.7. The maximum Gasteiger partial charge on any atom is 0.163 e. The molecular formula is C22H19NO. The molecule has 0 fully saturated rings.